The lowest BCUT2D eigenvalue weighted by atomic mass is 10.2. The van der Waals surface area contributed by atoms with Crippen LogP contribution in [0.5, 0.6) is 0 Å². The van der Waals surface area contributed by atoms with Gasteiger partial charge in [-0.25, -0.2) is 4.98 Å². The predicted octanol–water partition coefficient (Wildman–Crippen LogP) is 4.39. The molecule has 2 heterocycles. The molecule has 1 amide bonds. The minimum absolute atomic E-state index is 0.138. The third-order valence-electron chi connectivity index (χ3n) is 4.00. The highest BCUT2D eigenvalue weighted by Crippen LogP contribution is 2.24. The Morgan fingerprint density at radius 2 is 1.85 bits per heavy atom. The van der Waals surface area contributed by atoms with Crippen LogP contribution in [0.1, 0.15) is 0 Å². The largest absolute Gasteiger partial charge is 0.325 e. The fraction of sp³-hybridized carbons (Fsp3) is 0.0500. The first-order valence-electron chi connectivity index (χ1n) is 8.12. The number of para-hydroxylation sites is 2. The van der Waals surface area contributed by atoms with Crippen LogP contribution in [0.15, 0.2) is 73.1 Å². The highest BCUT2D eigenvalue weighted by molar-refractivity contribution is 6.30. The number of nitrogens with one attached hydrogen (secondary N) is 1. The van der Waals surface area contributed by atoms with Crippen molar-refractivity contribution in [2.24, 2.45) is 0 Å². The summed E-state index contributed by atoms with van der Waals surface area (Å²) in [4.78, 5) is 21.4. The second-order valence-electron chi connectivity index (χ2n) is 5.81. The minimum Gasteiger partial charge on any atom is -0.325 e. The van der Waals surface area contributed by atoms with Gasteiger partial charge in [0.05, 0.1) is 11.0 Å². The van der Waals surface area contributed by atoms with Gasteiger partial charge >= 0.3 is 0 Å². The number of rotatable bonds is 4. The fourth-order valence-corrected chi connectivity index (χ4v) is 2.95. The van der Waals surface area contributed by atoms with Crippen LogP contribution < -0.4 is 5.32 Å². The molecule has 0 fully saturated rings. The third-order valence-corrected chi connectivity index (χ3v) is 4.26. The standard InChI is InChI=1S/C20H15ClN4O/c21-15-7-9-16(10-8-15)23-19(26)13-25-18-6-2-1-5-17(18)24-20(25)14-4-3-11-22-12-14/h1-12H,13H2,(H,23,26). The summed E-state index contributed by atoms with van der Waals surface area (Å²) in [6, 6.07) is 18.6. The van der Waals surface area contributed by atoms with Crippen LogP contribution in [0.25, 0.3) is 22.4 Å². The van der Waals surface area contributed by atoms with E-state index in [4.69, 9.17) is 11.6 Å². The van der Waals surface area contributed by atoms with E-state index in [1.54, 1.807) is 36.7 Å². The highest BCUT2D eigenvalue weighted by atomic mass is 35.5. The molecule has 2 aromatic carbocycles. The molecule has 0 bridgehead atoms. The molecule has 1 N–H and O–H groups in total. The van der Waals surface area contributed by atoms with Crippen molar-refractivity contribution in [2.75, 3.05) is 5.32 Å². The van der Waals surface area contributed by atoms with Gasteiger partial charge in [-0.3, -0.25) is 9.78 Å². The Kier molecular flexibility index (Phi) is 4.37. The van der Waals surface area contributed by atoms with Crippen LogP contribution in [0.3, 0.4) is 0 Å². The average Bonchev–Trinajstić information content (AvgIpc) is 3.03. The van der Waals surface area contributed by atoms with Gasteiger partial charge in [-0.05, 0) is 48.5 Å². The van der Waals surface area contributed by atoms with E-state index in [0.29, 0.717) is 16.5 Å². The maximum Gasteiger partial charge on any atom is 0.244 e. The van der Waals surface area contributed by atoms with Crippen molar-refractivity contribution in [1.29, 1.82) is 0 Å². The molecule has 0 aliphatic carbocycles. The summed E-state index contributed by atoms with van der Waals surface area (Å²) in [7, 11) is 0. The molecule has 0 spiro atoms. The van der Waals surface area contributed by atoms with Gasteiger partial charge in [-0.15, -0.1) is 0 Å². The molecule has 0 saturated carbocycles. The number of benzene rings is 2. The first kappa shape index (κ1) is 16.3. The molecule has 4 rings (SSSR count). The van der Waals surface area contributed by atoms with Crippen LogP contribution in [-0.4, -0.2) is 20.4 Å². The first-order valence-corrected chi connectivity index (χ1v) is 8.49. The number of nitrogens with zero attached hydrogens (tertiary/aromatic N) is 3. The smallest absolute Gasteiger partial charge is 0.244 e. The van der Waals surface area contributed by atoms with Crippen molar-refractivity contribution in [3.8, 4) is 11.4 Å². The van der Waals surface area contributed by atoms with Crippen LogP contribution in [0.2, 0.25) is 5.02 Å². The topological polar surface area (TPSA) is 59.8 Å². The molecule has 0 radical (unpaired) electrons. The zero-order valence-electron chi connectivity index (χ0n) is 13.8. The van der Waals surface area contributed by atoms with E-state index in [2.05, 4.69) is 15.3 Å². The molecule has 0 unspecified atom stereocenters. The summed E-state index contributed by atoms with van der Waals surface area (Å²) in [6.45, 7) is 0.146. The van der Waals surface area contributed by atoms with Crippen LogP contribution in [0.4, 0.5) is 5.69 Å². The molecule has 2 aromatic heterocycles. The van der Waals surface area contributed by atoms with E-state index in [9.17, 15) is 4.79 Å². The van der Waals surface area contributed by atoms with Gasteiger partial charge in [0.15, 0.2) is 0 Å². The SMILES string of the molecule is O=C(Cn1c(-c2cccnc2)nc2ccccc21)Nc1ccc(Cl)cc1. The molecule has 4 aromatic rings. The molecule has 5 nitrogen and oxygen atoms in total. The number of hydrogen-bond acceptors (Lipinski definition) is 3. The molecule has 0 aliphatic rings. The Morgan fingerprint density at radius 1 is 1.04 bits per heavy atom. The number of carbonyl (C=O) groups excluding carboxylic acids is 1. The Morgan fingerprint density at radius 3 is 2.62 bits per heavy atom. The molecule has 26 heavy (non-hydrogen) atoms. The number of halogens is 1. The first-order chi connectivity index (χ1) is 12.7. The number of pyridine rings is 1. The number of amides is 1. The summed E-state index contributed by atoms with van der Waals surface area (Å²) in [6.07, 6.45) is 3.46. The number of hydrogen-bond donors (Lipinski definition) is 1. The van der Waals surface area contributed by atoms with E-state index < -0.39 is 0 Å². The summed E-state index contributed by atoms with van der Waals surface area (Å²) in [5.41, 5.74) is 3.30. The van der Waals surface area contributed by atoms with Crippen LogP contribution in [0, 0.1) is 0 Å². The summed E-state index contributed by atoms with van der Waals surface area (Å²) < 4.78 is 1.90. The maximum absolute atomic E-state index is 12.6. The second kappa shape index (κ2) is 6.98. The van der Waals surface area contributed by atoms with Crippen molar-refractivity contribution < 1.29 is 4.79 Å². The molecule has 6 heteroatoms. The van der Waals surface area contributed by atoms with Gasteiger partial charge in [-0.2, -0.15) is 0 Å². The number of carbonyl (C=O) groups is 1. The summed E-state index contributed by atoms with van der Waals surface area (Å²) in [5, 5.41) is 3.52. The Balaban J connectivity index is 1.68. The van der Waals surface area contributed by atoms with Crippen molar-refractivity contribution >= 4 is 34.2 Å². The van der Waals surface area contributed by atoms with Crippen molar-refractivity contribution in [2.45, 2.75) is 6.54 Å². The molecular formula is C20H15ClN4O. The predicted molar refractivity (Wildman–Crippen MR) is 103 cm³/mol. The maximum atomic E-state index is 12.6. The van der Waals surface area contributed by atoms with Gasteiger partial charge in [0.1, 0.15) is 12.4 Å². The number of anilines is 1. The molecule has 0 aliphatic heterocycles. The van der Waals surface area contributed by atoms with Gasteiger partial charge in [0.2, 0.25) is 5.91 Å². The van der Waals surface area contributed by atoms with Crippen LogP contribution in [-0.2, 0) is 11.3 Å². The normalized spacial score (nSPS) is 10.8. The monoisotopic (exact) mass is 362 g/mol. The number of aromatic nitrogens is 3. The van der Waals surface area contributed by atoms with Crippen molar-refractivity contribution in [1.82, 2.24) is 14.5 Å². The Labute approximate surface area is 155 Å². The van der Waals surface area contributed by atoms with Gasteiger partial charge in [-0.1, -0.05) is 23.7 Å². The lowest BCUT2D eigenvalue weighted by molar-refractivity contribution is -0.116. The average molecular weight is 363 g/mol. The zero-order chi connectivity index (χ0) is 17.9. The molecular weight excluding hydrogens is 348 g/mol. The molecule has 0 saturated heterocycles. The fourth-order valence-electron chi connectivity index (χ4n) is 2.83. The van der Waals surface area contributed by atoms with E-state index in [1.165, 1.54) is 0 Å². The van der Waals surface area contributed by atoms with E-state index in [1.807, 2.05) is 41.0 Å². The summed E-state index contributed by atoms with van der Waals surface area (Å²) >= 11 is 5.89. The van der Waals surface area contributed by atoms with Crippen molar-refractivity contribution in [3.63, 3.8) is 0 Å². The van der Waals surface area contributed by atoms with E-state index >= 15 is 0 Å². The minimum atomic E-state index is -0.138. The van der Waals surface area contributed by atoms with Gasteiger partial charge in [0, 0.05) is 28.7 Å². The lowest BCUT2D eigenvalue weighted by Gasteiger charge is -2.10. The van der Waals surface area contributed by atoms with Crippen LogP contribution >= 0.6 is 11.6 Å². The highest BCUT2D eigenvalue weighted by Gasteiger charge is 2.15. The number of imidazole rings is 1. The van der Waals surface area contributed by atoms with Gasteiger partial charge in [0.25, 0.3) is 0 Å². The summed E-state index contributed by atoms with van der Waals surface area (Å²) in [5.74, 6) is 0.575. The van der Waals surface area contributed by atoms with E-state index in [0.717, 1.165) is 16.6 Å². The Hall–Kier alpha value is -3.18. The van der Waals surface area contributed by atoms with Crippen molar-refractivity contribution in [3.05, 3.63) is 78.1 Å². The molecule has 128 valence electrons. The quantitative estimate of drug-likeness (QED) is 0.585. The second-order valence-corrected chi connectivity index (χ2v) is 6.24. The third kappa shape index (κ3) is 3.30. The zero-order valence-corrected chi connectivity index (χ0v) is 14.5. The Bertz CT molecular complexity index is 1060. The van der Waals surface area contributed by atoms with E-state index in [-0.39, 0.29) is 12.5 Å². The lowest BCUT2D eigenvalue weighted by Crippen LogP contribution is -2.19. The number of fused-ring (bicyclic) bond motifs is 1. The van der Waals surface area contributed by atoms with Gasteiger partial charge < -0.3 is 9.88 Å². The molecule has 0 atom stereocenters.